The molecule has 0 saturated heterocycles. The number of rotatable bonds is 4. The van der Waals surface area contributed by atoms with Gasteiger partial charge in [-0.15, -0.1) is 0 Å². The van der Waals surface area contributed by atoms with Crippen LogP contribution in [0, 0.1) is 0 Å². The molecule has 0 bridgehead atoms. The second-order valence-electron chi connectivity index (χ2n) is 6.04. The number of amides is 1. The minimum atomic E-state index is -0.00147. The van der Waals surface area contributed by atoms with Gasteiger partial charge in [-0.25, -0.2) is 0 Å². The molecule has 0 spiro atoms. The molecule has 0 aliphatic heterocycles. The van der Waals surface area contributed by atoms with Crippen molar-refractivity contribution in [3.8, 4) is 0 Å². The van der Waals surface area contributed by atoms with E-state index in [0.717, 1.165) is 11.3 Å². The SMILES string of the molecule is O=C(Cc1cccnc1)Nc1ccc(C2CCCCC2)cc1. The Kier molecular flexibility index (Phi) is 4.84. The van der Waals surface area contributed by atoms with Crippen LogP contribution in [-0.4, -0.2) is 10.9 Å². The zero-order chi connectivity index (χ0) is 15.2. The third kappa shape index (κ3) is 3.94. The van der Waals surface area contributed by atoms with Crippen LogP contribution in [0.2, 0.25) is 0 Å². The molecular weight excluding hydrogens is 272 g/mol. The van der Waals surface area contributed by atoms with Gasteiger partial charge in [-0.05, 0) is 48.1 Å². The standard InChI is InChI=1S/C19H22N2O/c22-19(13-15-5-4-12-20-14-15)21-18-10-8-17(9-11-18)16-6-2-1-3-7-16/h4-5,8-12,14,16H,1-3,6-7,13H2,(H,21,22). The zero-order valence-corrected chi connectivity index (χ0v) is 12.8. The molecule has 1 saturated carbocycles. The number of carbonyl (C=O) groups is 1. The fourth-order valence-corrected chi connectivity index (χ4v) is 3.17. The summed E-state index contributed by atoms with van der Waals surface area (Å²) in [4.78, 5) is 16.1. The number of benzene rings is 1. The molecule has 1 heterocycles. The highest BCUT2D eigenvalue weighted by Gasteiger charge is 2.15. The van der Waals surface area contributed by atoms with Gasteiger partial charge in [0.15, 0.2) is 0 Å². The minimum Gasteiger partial charge on any atom is -0.326 e. The van der Waals surface area contributed by atoms with Gasteiger partial charge >= 0.3 is 0 Å². The van der Waals surface area contributed by atoms with Crippen molar-refractivity contribution in [2.45, 2.75) is 44.4 Å². The highest BCUT2D eigenvalue weighted by molar-refractivity contribution is 5.92. The molecule has 1 aromatic carbocycles. The number of aromatic nitrogens is 1. The highest BCUT2D eigenvalue weighted by atomic mass is 16.1. The summed E-state index contributed by atoms with van der Waals surface area (Å²) >= 11 is 0. The first-order chi connectivity index (χ1) is 10.8. The maximum absolute atomic E-state index is 12.0. The number of anilines is 1. The van der Waals surface area contributed by atoms with Crippen molar-refractivity contribution >= 4 is 11.6 Å². The predicted molar refractivity (Wildman–Crippen MR) is 88.8 cm³/mol. The third-order valence-electron chi connectivity index (χ3n) is 4.36. The van der Waals surface area contributed by atoms with Gasteiger partial charge in [0.2, 0.25) is 5.91 Å². The molecule has 0 unspecified atom stereocenters. The van der Waals surface area contributed by atoms with Crippen molar-refractivity contribution in [2.24, 2.45) is 0 Å². The molecule has 0 atom stereocenters. The molecule has 1 fully saturated rings. The molecule has 1 aliphatic carbocycles. The number of nitrogens with one attached hydrogen (secondary N) is 1. The van der Waals surface area contributed by atoms with Crippen LogP contribution in [0.5, 0.6) is 0 Å². The summed E-state index contributed by atoms with van der Waals surface area (Å²) in [6, 6.07) is 12.1. The van der Waals surface area contributed by atoms with Crippen molar-refractivity contribution in [1.82, 2.24) is 4.98 Å². The lowest BCUT2D eigenvalue weighted by molar-refractivity contribution is -0.115. The first-order valence-electron chi connectivity index (χ1n) is 8.10. The smallest absolute Gasteiger partial charge is 0.228 e. The Bertz CT molecular complexity index is 601. The molecule has 3 nitrogen and oxygen atoms in total. The van der Waals surface area contributed by atoms with Crippen LogP contribution in [0.3, 0.4) is 0 Å². The lowest BCUT2D eigenvalue weighted by Crippen LogP contribution is -2.14. The van der Waals surface area contributed by atoms with Gasteiger partial charge in [0.25, 0.3) is 0 Å². The molecule has 114 valence electrons. The predicted octanol–water partition coefficient (Wildman–Crippen LogP) is 4.31. The Hall–Kier alpha value is -2.16. The number of hydrogen-bond acceptors (Lipinski definition) is 2. The molecule has 1 aliphatic rings. The third-order valence-corrected chi connectivity index (χ3v) is 4.36. The largest absolute Gasteiger partial charge is 0.326 e. The van der Waals surface area contributed by atoms with Crippen molar-refractivity contribution in [1.29, 1.82) is 0 Å². The van der Waals surface area contributed by atoms with Crippen molar-refractivity contribution < 1.29 is 4.79 Å². The van der Waals surface area contributed by atoms with Crippen molar-refractivity contribution in [3.05, 3.63) is 59.9 Å². The van der Waals surface area contributed by atoms with Crippen LogP contribution in [0.1, 0.15) is 49.1 Å². The van der Waals surface area contributed by atoms with Crippen LogP contribution in [0.4, 0.5) is 5.69 Å². The number of carbonyl (C=O) groups excluding carboxylic acids is 1. The maximum Gasteiger partial charge on any atom is 0.228 e. The second kappa shape index (κ2) is 7.21. The van der Waals surface area contributed by atoms with E-state index in [1.54, 1.807) is 12.4 Å². The summed E-state index contributed by atoms with van der Waals surface area (Å²) in [6.07, 6.45) is 10.5. The molecule has 3 rings (SSSR count). The van der Waals surface area contributed by atoms with Crippen LogP contribution in [0.25, 0.3) is 0 Å². The Morgan fingerprint density at radius 1 is 1.09 bits per heavy atom. The molecule has 22 heavy (non-hydrogen) atoms. The summed E-state index contributed by atoms with van der Waals surface area (Å²) < 4.78 is 0. The lowest BCUT2D eigenvalue weighted by atomic mass is 9.84. The first kappa shape index (κ1) is 14.8. The zero-order valence-electron chi connectivity index (χ0n) is 12.8. The summed E-state index contributed by atoms with van der Waals surface area (Å²) in [5, 5.41) is 2.95. The Balaban J connectivity index is 1.57. The molecule has 1 N–H and O–H groups in total. The number of pyridine rings is 1. The quantitative estimate of drug-likeness (QED) is 0.913. The van der Waals surface area contributed by atoms with E-state index in [-0.39, 0.29) is 5.91 Å². The van der Waals surface area contributed by atoms with E-state index >= 15 is 0 Å². The van der Waals surface area contributed by atoms with E-state index in [1.807, 2.05) is 24.3 Å². The van der Waals surface area contributed by atoms with Crippen LogP contribution in [0.15, 0.2) is 48.8 Å². The summed E-state index contributed by atoms with van der Waals surface area (Å²) in [7, 11) is 0. The van der Waals surface area contributed by atoms with Gasteiger partial charge in [-0.3, -0.25) is 9.78 Å². The van der Waals surface area contributed by atoms with E-state index in [9.17, 15) is 4.79 Å². The van der Waals surface area contributed by atoms with Crippen LogP contribution >= 0.6 is 0 Å². The first-order valence-corrected chi connectivity index (χ1v) is 8.10. The summed E-state index contributed by atoms with van der Waals surface area (Å²) in [5.74, 6) is 0.701. The lowest BCUT2D eigenvalue weighted by Gasteiger charge is -2.22. The molecule has 1 aromatic heterocycles. The minimum absolute atomic E-state index is 0.00147. The fraction of sp³-hybridized carbons (Fsp3) is 0.368. The summed E-state index contributed by atoms with van der Waals surface area (Å²) in [6.45, 7) is 0. The number of nitrogens with zero attached hydrogens (tertiary/aromatic N) is 1. The normalized spacial score (nSPS) is 15.5. The van der Waals surface area contributed by atoms with Gasteiger partial charge in [0.05, 0.1) is 6.42 Å². The van der Waals surface area contributed by atoms with E-state index in [4.69, 9.17) is 0 Å². The average Bonchev–Trinajstić information content (AvgIpc) is 2.57. The van der Waals surface area contributed by atoms with Crippen LogP contribution < -0.4 is 5.32 Å². The van der Waals surface area contributed by atoms with Crippen molar-refractivity contribution in [2.75, 3.05) is 5.32 Å². The Morgan fingerprint density at radius 3 is 2.55 bits per heavy atom. The Labute approximate surface area is 131 Å². The molecule has 2 aromatic rings. The van der Waals surface area contributed by atoms with E-state index < -0.39 is 0 Å². The molecule has 0 radical (unpaired) electrons. The van der Waals surface area contributed by atoms with Gasteiger partial charge in [0.1, 0.15) is 0 Å². The Morgan fingerprint density at radius 2 is 1.86 bits per heavy atom. The second-order valence-corrected chi connectivity index (χ2v) is 6.04. The van der Waals surface area contributed by atoms with Crippen molar-refractivity contribution in [3.63, 3.8) is 0 Å². The fourth-order valence-electron chi connectivity index (χ4n) is 3.17. The molecular formula is C19H22N2O. The van der Waals surface area contributed by atoms with E-state index in [1.165, 1.54) is 37.7 Å². The molecule has 1 amide bonds. The highest BCUT2D eigenvalue weighted by Crippen LogP contribution is 2.32. The monoisotopic (exact) mass is 294 g/mol. The molecule has 3 heteroatoms. The van der Waals surface area contributed by atoms with Gasteiger partial charge in [-0.1, -0.05) is 37.5 Å². The maximum atomic E-state index is 12.0. The van der Waals surface area contributed by atoms with Gasteiger partial charge < -0.3 is 5.32 Å². The average molecular weight is 294 g/mol. The van der Waals surface area contributed by atoms with Gasteiger partial charge in [-0.2, -0.15) is 0 Å². The topological polar surface area (TPSA) is 42.0 Å². The van der Waals surface area contributed by atoms with Crippen LogP contribution in [-0.2, 0) is 11.2 Å². The van der Waals surface area contributed by atoms with E-state index in [0.29, 0.717) is 12.3 Å². The van der Waals surface area contributed by atoms with Gasteiger partial charge in [0, 0.05) is 18.1 Å². The summed E-state index contributed by atoms with van der Waals surface area (Å²) in [5.41, 5.74) is 3.21. The van der Waals surface area contributed by atoms with E-state index in [2.05, 4.69) is 22.4 Å². The number of hydrogen-bond donors (Lipinski definition) is 1.